The molecule has 1 atom stereocenters. The number of carbonyl (C=O) groups is 2. The number of alkyl halides is 2. The molecule has 3 heterocycles. The molecule has 7 nitrogen and oxygen atoms in total. The third kappa shape index (κ3) is 4.48. The summed E-state index contributed by atoms with van der Waals surface area (Å²) in [6.45, 7) is 2.70. The van der Waals surface area contributed by atoms with Crippen LogP contribution < -0.4 is 10.2 Å². The minimum absolute atomic E-state index is 0.136. The number of benzene rings is 1. The lowest BCUT2D eigenvalue weighted by molar-refractivity contribution is -0.129. The van der Waals surface area contributed by atoms with Crippen molar-refractivity contribution < 1.29 is 18.4 Å². The number of rotatable bonds is 6. The molecule has 2 aromatic rings. The van der Waals surface area contributed by atoms with Gasteiger partial charge in [-0.25, -0.2) is 8.78 Å². The van der Waals surface area contributed by atoms with Crippen LogP contribution in [0.25, 0.3) is 10.9 Å². The van der Waals surface area contributed by atoms with Crippen LogP contribution in [0.15, 0.2) is 30.5 Å². The number of amides is 2. The predicted molar refractivity (Wildman–Crippen MR) is 119 cm³/mol. The van der Waals surface area contributed by atoms with E-state index in [1.54, 1.807) is 12.1 Å². The van der Waals surface area contributed by atoms with Crippen LogP contribution in [0.1, 0.15) is 23.7 Å². The van der Waals surface area contributed by atoms with Crippen molar-refractivity contribution in [1.82, 2.24) is 15.2 Å². The van der Waals surface area contributed by atoms with Crippen molar-refractivity contribution >= 4 is 40.2 Å². The van der Waals surface area contributed by atoms with Gasteiger partial charge in [-0.15, -0.1) is 11.8 Å². The van der Waals surface area contributed by atoms with Crippen molar-refractivity contribution in [2.75, 3.05) is 36.2 Å². The number of halogens is 2. The van der Waals surface area contributed by atoms with E-state index in [0.717, 1.165) is 5.69 Å². The lowest BCUT2D eigenvalue weighted by Crippen LogP contribution is -2.55. The first-order valence-electron chi connectivity index (χ1n) is 10.3. The average Bonchev–Trinajstić information content (AvgIpc) is 3.23. The fraction of sp³-hybridized carbons (Fsp3) is 0.455. The number of thioether (sulfide) groups is 1. The van der Waals surface area contributed by atoms with Crippen LogP contribution in [0.5, 0.6) is 0 Å². The molecule has 1 N–H and O–H groups in total. The molecule has 2 amide bonds. The molecule has 1 aromatic heterocycles. The average molecular weight is 460 g/mol. The van der Waals surface area contributed by atoms with Gasteiger partial charge in [0, 0.05) is 47.9 Å². The zero-order valence-electron chi connectivity index (χ0n) is 17.6. The summed E-state index contributed by atoms with van der Waals surface area (Å²) in [4.78, 5) is 33.0. The molecule has 0 bridgehead atoms. The number of anilines is 1. The van der Waals surface area contributed by atoms with Gasteiger partial charge in [0.25, 0.3) is 5.91 Å². The van der Waals surface area contributed by atoms with Gasteiger partial charge in [0.15, 0.2) is 0 Å². The van der Waals surface area contributed by atoms with E-state index in [2.05, 4.69) is 16.4 Å². The van der Waals surface area contributed by atoms with E-state index in [4.69, 9.17) is 5.26 Å². The highest BCUT2D eigenvalue weighted by Gasteiger charge is 2.41. The molecule has 1 unspecified atom stereocenters. The van der Waals surface area contributed by atoms with Gasteiger partial charge < -0.3 is 15.1 Å². The van der Waals surface area contributed by atoms with Crippen LogP contribution >= 0.6 is 11.8 Å². The van der Waals surface area contributed by atoms with E-state index < -0.39 is 23.8 Å². The number of pyridine rings is 1. The maximum absolute atomic E-state index is 12.8. The first-order valence-corrected chi connectivity index (χ1v) is 11.4. The highest BCUT2D eigenvalue weighted by Crippen LogP contribution is 2.39. The Kier molecular flexibility index (Phi) is 6.20. The van der Waals surface area contributed by atoms with Crippen molar-refractivity contribution in [2.24, 2.45) is 5.41 Å². The Morgan fingerprint density at radius 1 is 1.38 bits per heavy atom. The number of hydrogen-bond donors (Lipinski definition) is 1. The van der Waals surface area contributed by atoms with E-state index >= 15 is 0 Å². The number of fused-ring (bicyclic) bond motifs is 1. The molecule has 2 aliphatic rings. The Bertz CT molecular complexity index is 1080. The summed E-state index contributed by atoms with van der Waals surface area (Å²) < 4.78 is 25.6. The second-order valence-electron chi connectivity index (χ2n) is 8.51. The molecule has 0 aliphatic carbocycles. The van der Waals surface area contributed by atoms with Gasteiger partial charge >= 0.3 is 0 Å². The van der Waals surface area contributed by atoms with Crippen molar-refractivity contribution in [3.63, 3.8) is 0 Å². The standard InChI is InChI=1S/C22H23F2N5O2S/c1-22(7-19(23)24)11-28(12-22)14-2-3-18-17(6-14)16(4-5-26-18)21(31)27-9-20(30)29-13-32-10-15(29)8-25/h2-6,15,19H,7,9-13H2,1H3,(H,27,31). The van der Waals surface area contributed by atoms with Gasteiger partial charge in [-0.1, -0.05) is 6.92 Å². The topological polar surface area (TPSA) is 89.3 Å². The smallest absolute Gasteiger partial charge is 0.252 e. The molecule has 1 aromatic carbocycles. The van der Waals surface area contributed by atoms with Gasteiger partial charge in [0.05, 0.1) is 29.6 Å². The lowest BCUT2D eigenvalue weighted by Gasteiger charge is -2.49. The van der Waals surface area contributed by atoms with Gasteiger partial charge in [0.2, 0.25) is 12.3 Å². The van der Waals surface area contributed by atoms with Crippen LogP contribution in [0.3, 0.4) is 0 Å². The molecule has 0 spiro atoms. The molecule has 0 saturated carbocycles. The number of carbonyl (C=O) groups excluding carboxylic acids is 2. The van der Waals surface area contributed by atoms with Crippen molar-refractivity contribution in [3.8, 4) is 6.07 Å². The molecule has 2 fully saturated rings. The van der Waals surface area contributed by atoms with E-state index in [9.17, 15) is 18.4 Å². The van der Waals surface area contributed by atoms with Crippen LogP contribution in [0, 0.1) is 16.7 Å². The second kappa shape index (κ2) is 8.90. The monoisotopic (exact) mass is 459 g/mol. The van der Waals surface area contributed by atoms with Crippen LogP contribution in [-0.2, 0) is 4.79 Å². The number of nitrogens with zero attached hydrogens (tertiary/aromatic N) is 4. The van der Waals surface area contributed by atoms with Gasteiger partial charge in [0.1, 0.15) is 6.04 Å². The van der Waals surface area contributed by atoms with Gasteiger partial charge in [-0.2, -0.15) is 5.26 Å². The fourth-order valence-corrected chi connectivity index (χ4v) is 5.34. The summed E-state index contributed by atoms with van der Waals surface area (Å²) in [6, 6.07) is 8.73. The van der Waals surface area contributed by atoms with Crippen molar-refractivity contribution in [1.29, 1.82) is 5.26 Å². The SMILES string of the molecule is CC1(CC(F)F)CN(c2ccc3nccc(C(=O)NCC(=O)N4CSCC4C#N)c3c2)C1. The second-order valence-corrected chi connectivity index (χ2v) is 9.51. The van der Waals surface area contributed by atoms with E-state index in [1.165, 1.54) is 22.9 Å². The zero-order chi connectivity index (χ0) is 22.9. The van der Waals surface area contributed by atoms with Gasteiger partial charge in [-0.3, -0.25) is 14.6 Å². The number of nitrogens with one attached hydrogen (secondary N) is 1. The third-order valence-electron chi connectivity index (χ3n) is 5.88. The highest BCUT2D eigenvalue weighted by atomic mass is 32.2. The normalized spacial score (nSPS) is 19.7. The Labute approximate surface area is 188 Å². The largest absolute Gasteiger partial charge is 0.370 e. The Hall–Kier alpha value is -2.93. The molecule has 168 valence electrons. The summed E-state index contributed by atoms with van der Waals surface area (Å²) in [5.74, 6) is 0.303. The number of aromatic nitrogens is 1. The molecule has 4 rings (SSSR count). The summed E-state index contributed by atoms with van der Waals surface area (Å²) in [6.07, 6.45) is -0.934. The predicted octanol–water partition coefficient (Wildman–Crippen LogP) is 2.87. The summed E-state index contributed by atoms with van der Waals surface area (Å²) in [5.41, 5.74) is 1.43. The third-order valence-corrected chi connectivity index (χ3v) is 6.89. The van der Waals surface area contributed by atoms with E-state index in [-0.39, 0.29) is 18.9 Å². The van der Waals surface area contributed by atoms with Crippen LogP contribution in [-0.4, -0.2) is 65.4 Å². The van der Waals surface area contributed by atoms with E-state index in [1.807, 2.05) is 24.0 Å². The molecule has 2 saturated heterocycles. The number of hydrogen-bond acceptors (Lipinski definition) is 6. The molecular weight excluding hydrogens is 436 g/mol. The maximum atomic E-state index is 12.8. The molecule has 32 heavy (non-hydrogen) atoms. The van der Waals surface area contributed by atoms with Crippen molar-refractivity contribution in [2.45, 2.75) is 25.8 Å². The summed E-state index contributed by atoms with van der Waals surface area (Å²) >= 11 is 1.51. The molecule has 0 radical (unpaired) electrons. The highest BCUT2D eigenvalue weighted by molar-refractivity contribution is 7.99. The summed E-state index contributed by atoms with van der Waals surface area (Å²) in [5, 5.41) is 12.4. The minimum Gasteiger partial charge on any atom is -0.370 e. The molecular formula is C22H23F2N5O2S. The zero-order valence-corrected chi connectivity index (χ0v) is 18.4. The van der Waals surface area contributed by atoms with E-state index in [0.29, 0.717) is 41.2 Å². The van der Waals surface area contributed by atoms with Crippen LogP contribution in [0.2, 0.25) is 0 Å². The molecule has 2 aliphatic heterocycles. The number of nitriles is 1. The Morgan fingerprint density at radius 3 is 2.88 bits per heavy atom. The Morgan fingerprint density at radius 2 is 2.16 bits per heavy atom. The first-order chi connectivity index (χ1) is 15.3. The quantitative estimate of drug-likeness (QED) is 0.715. The lowest BCUT2D eigenvalue weighted by atomic mass is 9.78. The minimum atomic E-state index is -2.33. The summed E-state index contributed by atoms with van der Waals surface area (Å²) in [7, 11) is 0. The van der Waals surface area contributed by atoms with Crippen LogP contribution in [0.4, 0.5) is 14.5 Å². The first kappa shape index (κ1) is 22.3. The Balaban J connectivity index is 1.47. The van der Waals surface area contributed by atoms with Crippen molar-refractivity contribution in [3.05, 3.63) is 36.0 Å². The van der Waals surface area contributed by atoms with Gasteiger partial charge in [-0.05, 0) is 24.3 Å². The fourth-order valence-electron chi connectivity index (χ4n) is 4.24. The molecule has 10 heteroatoms. The maximum Gasteiger partial charge on any atom is 0.252 e.